The van der Waals surface area contributed by atoms with Crippen molar-refractivity contribution in [3.8, 4) is 0 Å². The van der Waals surface area contributed by atoms with E-state index in [1.165, 1.54) is 6.08 Å². The molecule has 0 saturated carbocycles. The SMILES string of the molecule is CCOC(=O)/C(=C\c1ccnc2ccccc12)P(=O)(OCC)OCC. The van der Waals surface area contributed by atoms with E-state index in [2.05, 4.69) is 4.98 Å². The molecule has 6 nitrogen and oxygen atoms in total. The molecule has 1 aromatic heterocycles. The van der Waals surface area contributed by atoms with Gasteiger partial charge in [-0.25, -0.2) is 4.79 Å². The molecule has 0 atom stereocenters. The van der Waals surface area contributed by atoms with E-state index in [1.54, 1.807) is 33.0 Å². The maximum atomic E-state index is 13.1. The number of aromatic nitrogens is 1. The number of ether oxygens (including phenoxy) is 1. The van der Waals surface area contributed by atoms with Gasteiger partial charge in [-0.3, -0.25) is 9.55 Å². The summed E-state index contributed by atoms with van der Waals surface area (Å²) in [5.74, 6) is -0.714. The Morgan fingerprint density at radius 2 is 1.76 bits per heavy atom. The monoisotopic (exact) mass is 363 g/mol. The second-order valence-corrected chi connectivity index (χ2v) is 6.99. The van der Waals surface area contributed by atoms with Crippen LogP contribution >= 0.6 is 7.60 Å². The minimum absolute atomic E-state index is 0.116. The quantitative estimate of drug-likeness (QED) is 0.393. The van der Waals surface area contributed by atoms with Gasteiger partial charge in [0.1, 0.15) is 5.31 Å². The maximum absolute atomic E-state index is 13.1. The molecule has 0 unspecified atom stereocenters. The zero-order valence-corrected chi connectivity index (χ0v) is 15.5. The molecule has 0 aliphatic rings. The largest absolute Gasteiger partial charge is 0.462 e. The highest BCUT2D eigenvalue weighted by atomic mass is 31.2. The molecule has 0 N–H and O–H groups in total. The first kappa shape index (κ1) is 19.3. The molecule has 0 aliphatic carbocycles. The van der Waals surface area contributed by atoms with E-state index in [1.807, 2.05) is 24.3 Å². The minimum atomic E-state index is -3.79. The van der Waals surface area contributed by atoms with Gasteiger partial charge in [0.2, 0.25) is 0 Å². The lowest BCUT2D eigenvalue weighted by Gasteiger charge is -2.19. The van der Waals surface area contributed by atoms with Crippen molar-refractivity contribution in [2.24, 2.45) is 0 Å². The van der Waals surface area contributed by atoms with Gasteiger partial charge in [-0.2, -0.15) is 0 Å². The minimum Gasteiger partial charge on any atom is -0.462 e. The Hall–Kier alpha value is -2.01. The summed E-state index contributed by atoms with van der Waals surface area (Å²) in [6.07, 6.45) is 3.14. The molecule has 25 heavy (non-hydrogen) atoms. The molecule has 1 aromatic carbocycles. The molecule has 0 bridgehead atoms. The van der Waals surface area contributed by atoms with Crippen LogP contribution in [0.15, 0.2) is 41.8 Å². The highest BCUT2D eigenvalue weighted by molar-refractivity contribution is 7.60. The van der Waals surface area contributed by atoms with E-state index in [0.29, 0.717) is 5.56 Å². The van der Waals surface area contributed by atoms with Gasteiger partial charge in [-0.05, 0) is 44.5 Å². The molecule has 0 saturated heterocycles. The standard InChI is InChI=1S/C18H22NO5P/c1-4-22-18(20)17(25(21,23-5-2)24-6-3)13-14-11-12-19-16-10-8-7-9-15(14)16/h7-13H,4-6H2,1-3H3/b17-13+. The summed E-state index contributed by atoms with van der Waals surface area (Å²) in [5.41, 5.74) is 1.45. The molecule has 134 valence electrons. The highest BCUT2D eigenvalue weighted by Crippen LogP contribution is 2.57. The van der Waals surface area contributed by atoms with Crippen LogP contribution in [0.3, 0.4) is 0 Å². The molecule has 0 aliphatic heterocycles. The number of pyridine rings is 1. The lowest BCUT2D eigenvalue weighted by atomic mass is 10.1. The van der Waals surface area contributed by atoms with Crippen LogP contribution in [0.25, 0.3) is 17.0 Å². The molecule has 2 aromatic rings. The van der Waals surface area contributed by atoms with Crippen molar-refractivity contribution >= 4 is 30.5 Å². The van der Waals surface area contributed by atoms with Crippen LogP contribution in [0, 0.1) is 0 Å². The van der Waals surface area contributed by atoms with Crippen molar-refractivity contribution in [1.29, 1.82) is 0 Å². The third-order valence-electron chi connectivity index (χ3n) is 3.35. The van der Waals surface area contributed by atoms with Gasteiger partial charge in [0, 0.05) is 11.6 Å². The van der Waals surface area contributed by atoms with Crippen LogP contribution in [-0.2, 0) is 23.1 Å². The number of benzene rings is 1. The Kier molecular flexibility index (Phi) is 6.88. The topological polar surface area (TPSA) is 74.7 Å². The van der Waals surface area contributed by atoms with Gasteiger partial charge < -0.3 is 13.8 Å². The number of para-hydroxylation sites is 1. The molecule has 0 radical (unpaired) electrons. The molecule has 0 fully saturated rings. The normalized spacial score (nSPS) is 12.4. The summed E-state index contributed by atoms with van der Waals surface area (Å²) in [4.78, 5) is 16.7. The zero-order valence-electron chi connectivity index (χ0n) is 14.6. The summed E-state index contributed by atoms with van der Waals surface area (Å²) in [7, 11) is -3.79. The smallest absolute Gasteiger partial charge is 0.368 e. The fourth-order valence-electron chi connectivity index (χ4n) is 2.36. The summed E-state index contributed by atoms with van der Waals surface area (Å²) in [5, 5.41) is 0.709. The van der Waals surface area contributed by atoms with Crippen LogP contribution in [0.5, 0.6) is 0 Å². The fourth-order valence-corrected chi connectivity index (χ4v) is 3.98. The van der Waals surface area contributed by atoms with Gasteiger partial charge in [0.25, 0.3) is 0 Å². The van der Waals surface area contributed by atoms with Gasteiger partial charge >= 0.3 is 13.6 Å². The Labute approximate surface area is 147 Å². The first-order chi connectivity index (χ1) is 12.1. The second-order valence-electron chi connectivity index (χ2n) is 5.00. The van der Waals surface area contributed by atoms with Crippen molar-refractivity contribution in [2.75, 3.05) is 19.8 Å². The number of hydrogen-bond acceptors (Lipinski definition) is 6. The first-order valence-corrected chi connectivity index (χ1v) is 9.72. The van der Waals surface area contributed by atoms with E-state index in [0.717, 1.165) is 10.9 Å². The van der Waals surface area contributed by atoms with Gasteiger partial charge in [-0.1, -0.05) is 18.2 Å². The van der Waals surface area contributed by atoms with Crippen LogP contribution in [0.1, 0.15) is 26.3 Å². The van der Waals surface area contributed by atoms with Crippen molar-refractivity contribution in [2.45, 2.75) is 20.8 Å². The molecular formula is C18H22NO5P. The predicted octanol–water partition coefficient (Wildman–Crippen LogP) is 4.40. The number of esters is 1. The number of carbonyl (C=O) groups is 1. The van der Waals surface area contributed by atoms with Crippen molar-refractivity contribution < 1.29 is 23.1 Å². The lowest BCUT2D eigenvalue weighted by molar-refractivity contribution is -0.137. The zero-order chi connectivity index (χ0) is 18.3. The number of rotatable bonds is 8. The van der Waals surface area contributed by atoms with Crippen LogP contribution in [0.2, 0.25) is 0 Å². The number of fused-ring (bicyclic) bond motifs is 1. The van der Waals surface area contributed by atoms with Crippen LogP contribution in [-0.4, -0.2) is 30.8 Å². The van der Waals surface area contributed by atoms with Crippen molar-refractivity contribution in [3.05, 3.63) is 47.4 Å². The Balaban J connectivity index is 2.63. The highest BCUT2D eigenvalue weighted by Gasteiger charge is 2.36. The molecular weight excluding hydrogens is 341 g/mol. The third kappa shape index (κ3) is 4.54. The Morgan fingerprint density at radius 1 is 1.08 bits per heavy atom. The summed E-state index contributed by atoms with van der Waals surface area (Å²) >= 11 is 0. The van der Waals surface area contributed by atoms with E-state index in [4.69, 9.17) is 13.8 Å². The maximum Gasteiger partial charge on any atom is 0.368 e. The summed E-state index contributed by atoms with van der Waals surface area (Å²) in [6.45, 7) is 5.51. The lowest BCUT2D eigenvalue weighted by Crippen LogP contribution is -2.11. The third-order valence-corrected chi connectivity index (χ3v) is 5.45. The van der Waals surface area contributed by atoms with Crippen molar-refractivity contribution in [1.82, 2.24) is 4.98 Å². The van der Waals surface area contributed by atoms with Gasteiger partial charge in [0.05, 0.1) is 25.3 Å². The summed E-state index contributed by atoms with van der Waals surface area (Å²) in [6, 6.07) is 9.23. The predicted molar refractivity (Wildman–Crippen MR) is 97.2 cm³/mol. The van der Waals surface area contributed by atoms with Crippen LogP contribution in [0.4, 0.5) is 0 Å². The van der Waals surface area contributed by atoms with E-state index in [-0.39, 0.29) is 25.1 Å². The number of hydrogen-bond donors (Lipinski definition) is 0. The average Bonchev–Trinajstić information content (AvgIpc) is 2.60. The van der Waals surface area contributed by atoms with E-state index >= 15 is 0 Å². The molecule has 7 heteroatoms. The van der Waals surface area contributed by atoms with E-state index in [9.17, 15) is 9.36 Å². The molecule has 1 heterocycles. The molecule has 0 spiro atoms. The van der Waals surface area contributed by atoms with Crippen LogP contribution < -0.4 is 0 Å². The van der Waals surface area contributed by atoms with Crippen molar-refractivity contribution in [3.63, 3.8) is 0 Å². The average molecular weight is 363 g/mol. The van der Waals surface area contributed by atoms with E-state index < -0.39 is 13.6 Å². The molecule has 0 amide bonds. The molecule has 2 rings (SSSR count). The Morgan fingerprint density at radius 3 is 2.40 bits per heavy atom. The summed E-state index contributed by atoms with van der Waals surface area (Å²) < 4.78 is 28.9. The second kappa shape index (κ2) is 8.90. The first-order valence-electron chi connectivity index (χ1n) is 8.18. The fraction of sp³-hybridized carbons (Fsp3) is 0.333. The van der Waals surface area contributed by atoms with Gasteiger partial charge in [-0.15, -0.1) is 0 Å². The number of nitrogens with zero attached hydrogens (tertiary/aromatic N) is 1. The number of carbonyl (C=O) groups excluding carboxylic acids is 1. The van der Waals surface area contributed by atoms with Gasteiger partial charge in [0.15, 0.2) is 0 Å². The Bertz CT molecular complexity index is 803.